The first kappa shape index (κ1) is 29.7. The molecule has 0 aromatic rings. The lowest BCUT2D eigenvalue weighted by molar-refractivity contribution is -0.192. The lowest BCUT2D eigenvalue weighted by atomic mass is 9.78. The van der Waals surface area contributed by atoms with E-state index >= 15 is 0 Å². The molecule has 0 aromatic heterocycles. The van der Waals surface area contributed by atoms with E-state index in [2.05, 4.69) is 0 Å². The van der Waals surface area contributed by atoms with E-state index in [-0.39, 0.29) is 26.0 Å². The summed E-state index contributed by atoms with van der Waals surface area (Å²) in [5, 5.41) is 34.8. The van der Waals surface area contributed by atoms with Crippen LogP contribution in [0.2, 0.25) is 6.32 Å². The van der Waals surface area contributed by atoms with Crippen LogP contribution in [0.4, 0.5) is 13.2 Å². The molecule has 0 bridgehead atoms. The van der Waals surface area contributed by atoms with Crippen LogP contribution in [0.25, 0.3) is 0 Å². The largest absolute Gasteiger partial charge is 0.490 e. The van der Waals surface area contributed by atoms with Crippen molar-refractivity contribution < 1.29 is 51.4 Å². The molecule has 12 nitrogen and oxygen atoms in total. The maximum absolute atomic E-state index is 13.3. The number of nitrogens with two attached hydrogens (primary N) is 2. The van der Waals surface area contributed by atoms with Crippen molar-refractivity contribution in [2.45, 2.75) is 62.1 Å². The van der Waals surface area contributed by atoms with Crippen molar-refractivity contribution in [2.75, 3.05) is 26.2 Å². The van der Waals surface area contributed by atoms with Crippen molar-refractivity contribution in [1.82, 2.24) is 8.61 Å². The summed E-state index contributed by atoms with van der Waals surface area (Å²) < 4.78 is 60.9. The second-order valence-electron chi connectivity index (χ2n) is 9.66. The van der Waals surface area contributed by atoms with Crippen LogP contribution in [0.5, 0.6) is 0 Å². The first-order valence-electron chi connectivity index (χ1n) is 11.1. The summed E-state index contributed by atoms with van der Waals surface area (Å²) in [5.41, 5.74) is 10.1. The summed E-state index contributed by atoms with van der Waals surface area (Å²) in [4.78, 5) is 20.7. The highest BCUT2D eigenvalue weighted by Gasteiger charge is 2.54. The Morgan fingerprint density at radius 1 is 1.14 bits per heavy atom. The highest BCUT2D eigenvalue weighted by atomic mass is 32.2. The zero-order valence-electron chi connectivity index (χ0n) is 19.0. The van der Waals surface area contributed by atoms with E-state index in [1.165, 1.54) is 8.61 Å². The van der Waals surface area contributed by atoms with Gasteiger partial charge in [-0.1, -0.05) is 6.42 Å². The number of nitrogens with zero attached hydrogens (tertiary/aromatic N) is 2. The minimum atomic E-state index is -5.08. The topological polar surface area (TPSA) is 208 Å². The standard InChI is InChI=1S/C16H31BN4O6S.C2HF3O2/c18-15(5-6-15)10-20(8-12-3-4-12)28(26,27)21-9-13(2-1-7-17(24)25)16(19,11-21)14(22)23;3-2(4,5)1(6)7/h12-13,24-25H,1-11,18-19H2,(H,22,23);(H,6,7)/t13-,16-;/m0./s1. The van der Waals surface area contributed by atoms with Gasteiger partial charge in [0.05, 0.1) is 0 Å². The zero-order valence-corrected chi connectivity index (χ0v) is 19.8. The zero-order chi connectivity index (χ0) is 26.8. The maximum atomic E-state index is 13.3. The molecule has 0 radical (unpaired) electrons. The fraction of sp³-hybridized carbons (Fsp3) is 0.889. The Kier molecular flexibility index (Phi) is 9.23. The first-order valence-corrected chi connectivity index (χ1v) is 12.5. The third-order valence-corrected chi connectivity index (χ3v) is 8.30. The smallest absolute Gasteiger partial charge is 0.480 e. The van der Waals surface area contributed by atoms with Gasteiger partial charge in [0.15, 0.2) is 0 Å². The van der Waals surface area contributed by atoms with Crippen LogP contribution in [0.1, 0.15) is 38.5 Å². The number of carbonyl (C=O) groups is 2. The molecule has 0 unspecified atom stereocenters. The van der Waals surface area contributed by atoms with E-state index in [4.69, 9.17) is 31.4 Å². The Bertz CT molecular complexity index is 885. The summed E-state index contributed by atoms with van der Waals surface area (Å²) in [5.74, 6) is -4.27. The van der Waals surface area contributed by atoms with Gasteiger partial charge in [-0.3, -0.25) is 4.79 Å². The molecular formula is C18H32BF3N4O8S. The van der Waals surface area contributed by atoms with E-state index in [9.17, 15) is 31.5 Å². The summed E-state index contributed by atoms with van der Waals surface area (Å²) in [7, 11) is -5.36. The fourth-order valence-corrected chi connectivity index (χ4v) is 5.76. The molecular weight excluding hydrogens is 500 g/mol. The van der Waals surface area contributed by atoms with Crippen molar-refractivity contribution in [3.63, 3.8) is 0 Å². The van der Waals surface area contributed by atoms with Crippen LogP contribution < -0.4 is 11.5 Å². The number of carboxylic acids is 2. The van der Waals surface area contributed by atoms with Gasteiger partial charge in [0.1, 0.15) is 5.54 Å². The fourth-order valence-electron chi connectivity index (χ4n) is 3.87. The number of hydrogen-bond acceptors (Lipinski definition) is 8. The number of halogens is 3. The molecule has 0 aromatic carbocycles. The number of alkyl halides is 3. The van der Waals surface area contributed by atoms with Gasteiger partial charge in [-0.05, 0) is 44.3 Å². The monoisotopic (exact) mass is 532 g/mol. The molecule has 0 spiro atoms. The molecule has 2 saturated carbocycles. The minimum absolute atomic E-state index is 0.00535. The average Bonchev–Trinajstić information content (AvgIpc) is 3.63. The lowest BCUT2D eigenvalue weighted by Gasteiger charge is -2.30. The predicted molar refractivity (Wildman–Crippen MR) is 117 cm³/mol. The van der Waals surface area contributed by atoms with Crippen LogP contribution in [0, 0.1) is 11.8 Å². The predicted octanol–water partition coefficient (Wildman–Crippen LogP) is -0.965. The maximum Gasteiger partial charge on any atom is 0.490 e. The molecule has 2 atom stereocenters. The van der Waals surface area contributed by atoms with Gasteiger partial charge in [0.25, 0.3) is 10.2 Å². The molecule has 3 rings (SSSR count). The Hall–Kier alpha value is -1.50. The molecule has 1 aliphatic heterocycles. The normalized spacial score (nSPS) is 26.2. The Morgan fingerprint density at radius 3 is 2.09 bits per heavy atom. The van der Waals surface area contributed by atoms with Gasteiger partial charge < -0.3 is 31.7 Å². The molecule has 35 heavy (non-hydrogen) atoms. The van der Waals surface area contributed by atoms with E-state index in [1.807, 2.05) is 0 Å². The van der Waals surface area contributed by atoms with Crippen LogP contribution in [-0.2, 0) is 19.8 Å². The molecule has 8 N–H and O–H groups in total. The van der Waals surface area contributed by atoms with Gasteiger partial charge in [-0.15, -0.1) is 0 Å². The molecule has 17 heteroatoms. The number of hydrogen-bond donors (Lipinski definition) is 6. The third-order valence-electron chi connectivity index (χ3n) is 6.44. The van der Waals surface area contributed by atoms with E-state index in [0.717, 1.165) is 25.7 Å². The van der Waals surface area contributed by atoms with Gasteiger partial charge in [-0.2, -0.15) is 30.2 Å². The average molecular weight is 532 g/mol. The first-order chi connectivity index (χ1) is 15.9. The molecule has 0 amide bonds. The summed E-state index contributed by atoms with van der Waals surface area (Å²) in [6.45, 7) is 0.360. The Morgan fingerprint density at radius 2 is 1.69 bits per heavy atom. The lowest BCUT2D eigenvalue weighted by Crippen LogP contribution is -2.56. The van der Waals surface area contributed by atoms with Crippen molar-refractivity contribution in [1.29, 1.82) is 0 Å². The van der Waals surface area contributed by atoms with Crippen molar-refractivity contribution in [2.24, 2.45) is 23.3 Å². The van der Waals surface area contributed by atoms with E-state index in [0.29, 0.717) is 25.3 Å². The summed E-state index contributed by atoms with van der Waals surface area (Å²) in [6.07, 6.45) is -0.798. The summed E-state index contributed by atoms with van der Waals surface area (Å²) in [6, 6.07) is 0. The van der Waals surface area contributed by atoms with E-state index in [1.54, 1.807) is 0 Å². The van der Waals surface area contributed by atoms with Crippen molar-refractivity contribution >= 4 is 29.3 Å². The SMILES string of the molecule is NC1(CN(CC2CC2)S(=O)(=O)N2C[C@H](CCCB(O)O)[C@](N)(C(=O)O)C2)CC1.O=C(O)C(F)(F)F. The molecule has 2 aliphatic carbocycles. The Balaban J connectivity index is 0.000000540. The van der Waals surface area contributed by atoms with Crippen molar-refractivity contribution in [3.05, 3.63) is 0 Å². The molecule has 202 valence electrons. The highest BCUT2D eigenvalue weighted by molar-refractivity contribution is 7.86. The highest BCUT2D eigenvalue weighted by Crippen LogP contribution is 2.39. The van der Waals surface area contributed by atoms with Gasteiger partial charge >= 0.3 is 25.2 Å². The second-order valence-corrected chi connectivity index (χ2v) is 11.6. The minimum Gasteiger partial charge on any atom is -0.480 e. The van der Waals surface area contributed by atoms with Gasteiger partial charge in [-0.25, -0.2) is 4.79 Å². The third kappa shape index (κ3) is 8.26. The molecule has 1 heterocycles. The van der Waals surface area contributed by atoms with Crippen LogP contribution in [0.3, 0.4) is 0 Å². The molecule has 1 saturated heterocycles. The number of aliphatic carboxylic acids is 2. The number of rotatable bonds is 11. The van der Waals surface area contributed by atoms with Crippen molar-refractivity contribution in [3.8, 4) is 0 Å². The summed E-state index contributed by atoms with van der Waals surface area (Å²) >= 11 is 0. The number of carboxylic acid groups (broad SMARTS) is 2. The molecule has 3 aliphatic rings. The molecule has 3 fully saturated rings. The second kappa shape index (κ2) is 10.9. The van der Waals surface area contributed by atoms with E-state index < -0.39 is 52.4 Å². The Labute approximate surface area is 201 Å². The quantitative estimate of drug-likeness (QED) is 0.180. The van der Waals surface area contributed by atoms with Crippen LogP contribution in [0.15, 0.2) is 0 Å². The van der Waals surface area contributed by atoms with Crippen LogP contribution >= 0.6 is 0 Å². The van der Waals surface area contributed by atoms with Crippen LogP contribution in [-0.4, -0.2) is 99.8 Å². The van der Waals surface area contributed by atoms with Gasteiger partial charge in [0.2, 0.25) is 0 Å². The van der Waals surface area contributed by atoms with Gasteiger partial charge in [0, 0.05) is 37.6 Å².